The molecule has 2 heterocycles. The maximum Gasteiger partial charge on any atom is 0.297 e. The first-order valence-electron chi connectivity index (χ1n) is 5.83. The Morgan fingerprint density at radius 3 is 2.89 bits per heavy atom. The molecule has 0 aliphatic carbocycles. The Morgan fingerprint density at radius 1 is 1.32 bits per heavy atom. The normalized spacial score (nSPS) is 10.2. The van der Waals surface area contributed by atoms with E-state index in [1.807, 2.05) is 13.0 Å². The maximum atomic E-state index is 5.53. The third-order valence-electron chi connectivity index (χ3n) is 2.28. The first-order valence-corrected chi connectivity index (χ1v) is 6.24. The molecule has 0 aliphatic heterocycles. The molecule has 0 aromatic carbocycles. The van der Waals surface area contributed by atoms with Gasteiger partial charge in [-0.15, -0.1) is 0 Å². The number of ether oxygens (including phenoxy) is 2. The van der Waals surface area contributed by atoms with Crippen molar-refractivity contribution in [2.75, 3.05) is 13.7 Å². The molecular formula is C12H14N4O2S. The molecule has 0 bridgehead atoms. The van der Waals surface area contributed by atoms with E-state index >= 15 is 0 Å². The number of aromatic amines is 1. The quantitative estimate of drug-likeness (QED) is 0.847. The van der Waals surface area contributed by atoms with Gasteiger partial charge in [0, 0.05) is 11.8 Å². The number of hydrogen-bond donors (Lipinski definition) is 1. The van der Waals surface area contributed by atoms with Crippen molar-refractivity contribution in [3.63, 3.8) is 0 Å². The number of rotatable bonds is 5. The number of nitrogens with zero attached hydrogens (tertiary/aromatic N) is 3. The SMILES string of the molecule is CCCOc1cncc(-c2nc(=S)nc(OC)[nH]2)c1. The Balaban J connectivity index is 2.35. The van der Waals surface area contributed by atoms with Crippen molar-refractivity contribution in [2.45, 2.75) is 13.3 Å². The Bertz CT molecular complexity index is 615. The van der Waals surface area contributed by atoms with Crippen molar-refractivity contribution in [1.82, 2.24) is 19.9 Å². The molecule has 0 radical (unpaired) electrons. The van der Waals surface area contributed by atoms with E-state index in [0.29, 0.717) is 24.2 Å². The van der Waals surface area contributed by atoms with E-state index in [4.69, 9.17) is 21.7 Å². The van der Waals surface area contributed by atoms with Crippen LogP contribution in [0.5, 0.6) is 11.8 Å². The van der Waals surface area contributed by atoms with Gasteiger partial charge in [-0.25, -0.2) is 4.98 Å². The number of aromatic nitrogens is 4. The lowest BCUT2D eigenvalue weighted by atomic mass is 10.2. The van der Waals surface area contributed by atoms with Crippen LogP contribution >= 0.6 is 12.2 Å². The highest BCUT2D eigenvalue weighted by atomic mass is 32.1. The van der Waals surface area contributed by atoms with Gasteiger partial charge in [0.2, 0.25) is 4.77 Å². The van der Waals surface area contributed by atoms with E-state index in [1.165, 1.54) is 7.11 Å². The lowest BCUT2D eigenvalue weighted by Gasteiger charge is -2.07. The summed E-state index contributed by atoms with van der Waals surface area (Å²) in [6, 6.07) is 2.16. The van der Waals surface area contributed by atoms with Crippen molar-refractivity contribution in [3.8, 4) is 23.1 Å². The van der Waals surface area contributed by atoms with Crippen molar-refractivity contribution in [3.05, 3.63) is 23.2 Å². The van der Waals surface area contributed by atoms with Gasteiger partial charge in [-0.3, -0.25) is 9.97 Å². The largest absolute Gasteiger partial charge is 0.492 e. The van der Waals surface area contributed by atoms with Crippen LogP contribution in [0, 0.1) is 4.77 Å². The fourth-order valence-corrected chi connectivity index (χ4v) is 1.62. The minimum Gasteiger partial charge on any atom is -0.492 e. The molecule has 19 heavy (non-hydrogen) atoms. The summed E-state index contributed by atoms with van der Waals surface area (Å²) < 4.78 is 10.8. The Hall–Kier alpha value is -2.02. The predicted molar refractivity (Wildman–Crippen MR) is 72.8 cm³/mol. The fourth-order valence-electron chi connectivity index (χ4n) is 1.45. The van der Waals surface area contributed by atoms with Gasteiger partial charge in [-0.05, 0) is 24.7 Å². The molecule has 0 saturated carbocycles. The molecule has 0 spiro atoms. The lowest BCUT2D eigenvalue weighted by Crippen LogP contribution is -1.99. The smallest absolute Gasteiger partial charge is 0.297 e. The lowest BCUT2D eigenvalue weighted by molar-refractivity contribution is 0.316. The second kappa shape index (κ2) is 6.24. The highest BCUT2D eigenvalue weighted by Crippen LogP contribution is 2.20. The molecule has 100 valence electrons. The number of methoxy groups -OCH3 is 1. The molecular weight excluding hydrogens is 264 g/mol. The zero-order chi connectivity index (χ0) is 13.7. The molecule has 2 aromatic heterocycles. The van der Waals surface area contributed by atoms with Crippen LogP contribution in [-0.4, -0.2) is 33.7 Å². The zero-order valence-electron chi connectivity index (χ0n) is 10.7. The van der Waals surface area contributed by atoms with Crippen LogP contribution in [0.4, 0.5) is 0 Å². The molecule has 0 saturated heterocycles. The topological polar surface area (TPSA) is 72.9 Å². The van der Waals surface area contributed by atoms with Crippen molar-refractivity contribution in [2.24, 2.45) is 0 Å². The van der Waals surface area contributed by atoms with E-state index in [9.17, 15) is 0 Å². The predicted octanol–water partition coefficient (Wildman–Crippen LogP) is 2.39. The van der Waals surface area contributed by atoms with Gasteiger partial charge in [-0.2, -0.15) is 4.98 Å². The number of pyridine rings is 1. The Kier molecular flexibility index (Phi) is 4.40. The summed E-state index contributed by atoms with van der Waals surface area (Å²) in [6.07, 6.45) is 4.27. The van der Waals surface area contributed by atoms with Gasteiger partial charge in [0.1, 0.15) is 11.6 Å². The summed E-state index contributed by atoms with van der Waals surface area (Å²) in [5.41, 5.74) is 0.764. The van der Waals surface area contributed by atoms with Crippen LogP contribution < -0.4 is 9.47 Å². The van der Waals surface area contributed by atoms with Gasteiger partial charge in [0.05, 0.1) is 19.9 Å². The van der Waals surface area contributed by atoms with Gasteiger partial charge >= 0.3 is 0 Å². The van der Waals surface area contributed by atoms with Crippen molar-refractivity contribution < 1.29 is 9.47 Å². The number of hydrogen-bond acceptors (Lipinski definition) is 6. The standard InChI is InChI=1S/C12H14N4O2S/c1-3-4-18-9-5-8(6-13-7-9)10-14-11(17-2)16-12(19)15-10/h5-7H,3-4H2,1-2H3,(H,14,15,16,19). The molecule has 6 nitrogen and oxygen atoms in total. The van der Waals surface area contributed by atoms with E-state index < -0.39 is 0 Å². The average molecular weight is 278 g/mol. The fraction of sp³-hybridized carbons (Fsp3) is 0.333. The summed E-state index contributed by atoms with van der Waals surface area (Å²) in [5, 5.41) is 0. The molecule has 0 amide bonds. The summed E-state index contributed by atoms with van der Waals surface area (Å²) >= 11 is 4.98. The molecule has 0 aliphatic rings. The second-order valence-electron chi connectivity index (χ2n) is 3.75. The minimum absolute atomic E-state index is 0.213. The third kappa shape index (κ3) is 3.47. The molecule has 2 rings (SSSR count). The average Bonchev–Trinajstić information content (AvgIpc) is 2.44. The van der Waals surface area contributed by atoms with E-state index in [-0.39, 0.29) is 4.77 Å². The molecule has 1 N–H and O–H groups in total. The van der Waals surface area contributed by atoms with Gasteiger partial charge in [0.15, 0.2) is 0 Å². The van der Waals surface area contributed by atoms with Crippen LogP contribution in [0.25, 0.3) is 11.4 Å². The Morgan fingerprint density at radius 2 is 2.16 bits per heavy atom. The first-order chi connectivity index (χ1) is 9.22. The monoisotopic (exact) mass is 278 g/mol. The third-order valence-corrected chi connectivity index (χ3v) is 2.47. The van der Waals surface area contributed by atoms with Gasteiger partial charge in [-0.1, -0.05) is 6.92 Å². The Labute approximate surface area is 115 Å². The van der Waals surface area contributed by atoms with E-state index in [1.54, 1.807) is 12.4 Å². The first kappa shape index (κ1) is 13.4. The van der Waals surface area contributed by atoms with Gasteiger partial charge in [0.25, 0.3) is 6.01 Å². The van der Waals surface area contributed by atoms with Crippen molar-refractivity contribution in [1.29, 1.82) is 0 Å². The maximum absolute atomic E-state index is 5.53. The second-order valence-corrected chi connectivity index (χ2v) is 4.11. The van der Waals surface area contributed by atoms with Crippen molar-refractivity contribution >= 4 is 12.2 Å². The molecule has 0 atom stereocenters. The summed E-state index contributed by atoms with van der Waals surface area (Å²) in [5.74, 6) is 1.24. The number of H-pyrrole nitrogens is 1. The van der Waals surface area contributed by atoms with Gasteiger partial charge < -0.3 is 9.47 Å². The molecule has 2 aromatic rings. The molecule has 7 heteroatoms. The zero-order valence-corrected chi connectivity index (χ0v) is 11.5. The van der Waals surface area contributed by atoms with Crippen LogP contribution in [0.2, 0.25) is 0 Å². The van der Waals surface area contributed by atoms with E-state index in [0.717, 1.165) is 12.0 Å². The summed E-state index contributed by atoms with van der Waals surface area (Å²) in [6.45, 7) is 2.69. The van der Waals surface area contributed by atoms with Crippen LogP contribution in [-0.2, 0) is 0 Å². The van der Waals surface area contributed by atoms with Crippen LogP contribution in [0.1, 0.15) is 13.3 Å². The highest BCUT2D eigenvalue weighted by molar-refractivity contribution is 7.71. The molecule has 0 unspecified atom stereocenters. The molecule has 0 fully saturated rings. The number of nitrogens with one attached hydrogen (secondary N) is 1. The summed E-state index contributed by atoms with van der Waals surface area (Å²) in [4.78, 5) is 15.1. The van der Waals surface area contributed by atoms with Crippen LogP contribution in [0.3, 0.4) is 0 Å². The summed E-state index contributed by atoms with van der Waals surface area (Å²) in [7, 11) is 1.51. The minimum atomic E-state index is 0.213. The highest BCUT2D eigenvalue weighted by Gasteiger charge is 2.06. The van der Waals surface area contributed by atoms with E-state index in [2.05, 4.69) is 19.9 Å². The van der Waals surface area contributed by atoms with Crippen LogP contribution in [0.15, 0.2) is 18.5 Å².